The lowest BCUT2D eigenvalue weighted by atomic mass is 9.83. The number of benzene rings is 2. The molecule has 0 spiro atoms. The van der Waals surface area contributed by atoms with Gasteiger partial charge in [0.05, 0.1) is 0 Å². The Morgan fingerprint density at radius 2 is 1.87 bits per heavy atom. The van der Waals surface area contributed by atoms with Crippen LogP contribution in [0.3, 0.4) is 0 Å². The number of nitrogens with two attached hydrogens (primary N) is 1. The van der Waals surface area contributed by atoms with Crippen molar-refractivity contribution >= 4 is 0 Å². The normalized spacial score (nSPS) is 17.3. The smallest absolute Gasteiger partial charge is 0.0233 e. The van der Waals surface area contributed by atoms with Crippen molar-refractivity contribution < 1.29 is 0 Å². The molecule has 0 heterocycles. The lowest BCUT2D eigenvalue weighted by Crippen LogP contribution is -2.32. The molecule has 0 saturated carbocycles. The summed E-state index contributed by atoms with van der Waals surface area (Å²) in [5.74, 6) is 0.773. The van der Waals surface area contributed by atoms with E-state index >= 15 is 0 Å². The van der Waals surface area contributed by atoms with E-state index in [1.807, 2.05) is 0 Å². The number of hydrogen-bond donors (Lipinski definition) is 1. The molecule has 0 aromatic heterocycles. The first kappa shape index (κ1) is 16.2. The Bertz CT molecular complexity index is 621. The van der Waals surface area contributed by atoms with Crippen LogP contribution < -0.4 is 5.73 Å². The van der Waals surface area contributed by atoms with Crippen LogP contribution in [0.5, 0.6) is 0 Å². The Hall–Kier alpha value is -1.64. The molecule has 0 saturated heterocycles. The molecule has 2 nitrogen and oxygen atoms in total. The minimum absolute atomic E-state index is 0.650. The Balaban J connectivity index is 1.61. The molecular weight excluding hydrogens is 280 g/mol. The van der Waals surface area contributed by atoms with E-state index in [4.69, 9.17) is 5.73 Å². The van der Waals surface area contributed by atoms with Gasteiger partial charge in [-0.2, -0.15) is 0 Å². The summed E-state index contributed by atoms with van der Waals surface area (Å²) in [6, 6.07) is 17.6. The molecule has 0 bridgehead atoms. The first-order valence-electron chi connectivity index (χ1n) is 8.85. The number of rotatable bonds is 6. The van der Waals surface area contributed by atoms with Gasteiger partial charge in [-0.15, -0.1) is 0 Å². The Morgan fingerprint density at radius 1 is 1.04 bits per heavy atom. The zero-order valence-electron chi connectivity index (χ0n) is 14.2. The predicted molar refractivity (Wildman–Crippen MR) is 97.2 cm³/mol. The minimum Gasteiger partial charge on any atom is -0.326 e. The highest BCUT2D eigenvalue weighted by Gasteiger charge is 2.20. The van der Waals surface area contributed by atoms with Crippen LogP contribution in [0, 0.1) is 5.92 Å². The maximum Gasteiger partial charge on any atom is 0.0233 e. The van der Waals surface area contributed by atoms with Gasteiger partial charge >= 0.3 is 0 Å². The summed E-state index contributed by atoms with van der Waals surface area (Å²) < 4.78 is 0. The van der Waals surface area contributed by atoms with Gasteiger partial charge in [-0.25, -0.2) is 0 Å². The number of nitrogens with zero attached hydrogens (tertiary/aromatic N) is 1. The van der Waals surface area contributed by atoms with Gasteiger partial charge in [-0.05, 0) is 54.0 Å². The minimum atomic E-state index is 0.650. The van der Waals surface area contributed by atoms with Crippen LogP contribution in [0.1, 0.15) is 35.6 Å². The van der Waals surface area contributed by atoms with E-state index in [1.54, 1.807) is 0 Å². The van der Waals surface area contributed by atoms with Crippen LogP contribution in [0.15, 0.2) is 48.5 Å². The number of aryl methyl sites for hydroxylation is 1. The van der Waals surface area contributed by atoms with Crippen molar-refractivity contribution in [2.24, 2.45) is 11.7 Å². The molecule has 1 aliphatic carbocycles. The van der Waals surface area contributed by atoms with E-state index in [-0.39, 0.29) is 0 Å². The van der Waals surface area contributed by atoms with E-state index in [2.05, 4.69) is 60.4 Å². The topological polar surface area (TPSA) is 29.3 Å². The molecule has 0 amide bonds. The first-order valence-corrected chi connectivity index (χ1v) is 8.85. The molecule has 0 radical (unpaired) electrons. The monoisotopic (exact) mass is 308 g/mol. The lowest BCUT2D eigenvalue weighted by molar-refractivity contribution is 0.221. The molecule has 23 heavy (non-hydrogen) atoms. The summed E-state index contributed by atoms with van der Waals surface area (Å²) in [6.45, 7) is 6.30. The standard InChI is InChI=1S/C21H28N2/c1-2-23(15-17-6-4-3-5-7-17)16-19-9-11-20-12-18(14-22)8-10-21(20)13-19/h3-8,10,12,19H,2,9,11,13-16,22H2,1H3. The second-order valence-electron chi connectivity index (χ2n) is 6.73. The molecule has 1 aliphatic rings. The number of fused-ring (bicyclic) bond motifs is 1. The van der Waals surface area contributed by atoms with E-state index in [0.29, 0.717) is 6.54 Å². The van der Waals surface area contributed by atoms with Gasteiger partial charge in [0.25, 0.3) is 0 Å². The highest BCUT2D eigenvalue weighted by molar-refractivity contribution is 5.34. The van der Waals surface area contributed by atoms with Gasteiger partial charge in [0.15, 0.2) is 0 Å². The molecule has 1 atom stereocenters. The molecule has 122 valence electrons. The van der Waals surface area contributed by atoms with Gasteiger partial charge in [0, 0.05) is 19.6 Å². The lowest BCUT2D eigenvalue weighted by Gasteiger charge is -2.30. The maximum absolute atomic E-state index is 5.76. The third-order valence-corrected chi connectivity index (χ3v) is 5.05. The summed E-state index contributed by atoms with van der Waals surface area (Å²) in [7, 11) is 0. The molecular formula is C21H28N2. The van der Waals surface area contributed by atoms with Crippen LogP contribution in [0.4, 0.5) is 0 Å². The van der Waals surface area contributed by atoms with Gasteiger partial charge in [-0.3, -0.25) is 4.90 Å². The predicted octanol–water partition coefficient (Wildman–Crippen LogP) is 3.77. The molecule has 3 rings (SSSR count). The van der Waals surface area contributed by atoms with E-state index in [0.717, 1.165) is 19.0 Å². The van der Waals surface area contributed by atoms with Crippen LogP contribution >= 0.6 is 0 Å². The fourth-order valence-electron chi connectivity index (χ4n) is 3.68. The van der Waals surface area contributed by atoms with E-state index < -0.39 is 0 Å². The second-order valence-corrected chi connectivity index (χ2v) is 6.73. The van der Waals surface area contributed by atoms with Crippen molar-refractivity contribution in [1.82, 2.24) is 4.90 Å². The molecule has 2 heteroatoms. The molecule has 2 aromatic rings. The summed E-state index contributed by atoms with van der Waals surface area (Å²) in [6.07, 6.45) is 3.72. The molecule has 0 fully saturated rings. The summed E-state index contributed by atoms with van der Waals surface area (Å²) in [5, 5.41) is 0. The van der Waals surface area contributed by atoms with Crippen LogP contribution in [-0.4, -0.2) is 18.0 Å². The molecule has 2 N–H and O–H groups in total. The van der Waals surface area contributed by atoms with Gasteiger partial charge < -0.3 is 5.73 Å². The fourth-order valence-corrected chi connectivity index (χ4v) is 3.68. The second kappa shape index (κ2) is 7.76. The zero-order valence-corrected chi connectivity index (χ0v) is 14.2. The van der Waals surface area contributed by atoms with Crippen molar-refractivity contribution in [1.29, 1.82) is 0 Å². The zero-order chi connectivity index (χ0) is 16.1. The Kier molecular flexibility index (Phi) is 5.47. The Morgan fingerprint density at radius 3 is 2.61 bits per heavy atom. The van der Waals surface area contributed by atoms with E-state index in [9.17, 15) is 0 Å². The van der Waals surface area contributed by atoms with Gasteiger partial charge in [0.1, 0.15) is 0 Å². The van der Waals surface area contributed by atoms with Crippen molar-refractivity contribution in [2.75, 3.05) is 13.1 Å². The van der Waals surface area contributed by atoms with Gasteiger partial charge in [0.2, 0.25) is 0 Å². The third-order valence-electron chi connectivity index (χ3n) is 5.05. The number of hydrogen-bond acceptors (Lipinski definition) is 2. The average molecular weight is 308 g/mol. The fraction of sp³-hybridized carbons (Fsp3) is 0.429. The van der Waals surface area contributed by atoms with Crippen molar-refractivity contribution in [3.05, 3.63) is 70.8 Å². The van der Waals surface area contributed by atoms with Crippen LogP contribution in [0.25, 0.3) is 0 Å². The van der Waals surface area contributed by atoms with Crippen LogP contribution in [0.2, 0.25) is 0 Å². The Labute approximate surface area is 140 Å². The molecule has 1 unspecified atom stereocenters. The van der Waals surface area contributed by atoms with Gasteiger partial charge in [-0.1, -0.05) is 55.5 Å². The maximum atomic E-state index is 5.76. The van der Waals surface area contributed by atoms with E-state index in [1.165, 1.54) is 48.1 Å². The quantitative estimate of drug-likeness (QED) is 0.880. The van der Waals surface area contributed by atoms with Crippen LogP contribution in [-0.2, 0) is 25.9 Å². The summed E-state index contributed by atoms with van der Waals surface area (Å²) in [5.41, 5.74) is 11.5. The largest absolute Gasteiger partial charge is 0.326 e. The third kappa shape index (κ3) is 4.21. The van der Waals surface area contributed by atoms with Crippen molar-refractivity contribution in [2.45, 2.75) is 39.3 Å². The molecule has 2 aromatic carbocycles. The highest BCUT2D eigenvalue weighted by atomic mass is 15.1. The summed E-state index contributed by atoms with van der Waals surface area (Å²) in [4.78, 5) is 2.58. The SMILES string of the molecule is CCN(Cc1ccccc1)CC1CCc2cc(CN)ccc2C1. The van der Waals surface area contributed by atoms with Crippen molar-refractivity contribution in [3.63, 3.8) is 0 Å². The highest BCUT2D eigenvalue weighted by Crippen LogP contribution is 2.27. The molecule has 0 aliphatic heterocycles. The summed E-state index contributed by atoms with van der Waals surface area (Å²) >= 11 is 0. The first-order chi connectivity index (χ1) is 11.3. The average Bonchev–Trinajstić information content (AvgIpc) is 2.61. The van der Waals surface area contributed by atoms with Crippen molar-refractivity contribution in [3.8, 4) is 0 Å².